The Hall–Kier alpha value is -3.73. The Morgan fingerprint density at radius 2 is 1.40 bits per heavy atom. The number of carbonyl (C=O) groups excluding carboxylic acids is 1. The molecular weight excluding hydrogens is 546 g/mol. The van der Waals surface area contributed by atoms with Crippen LogP contribution in [0.15, 0.2) is 94.7 Å². The third kappa shape index (κ3) is 5.89. The van der Waals surface area contributed by atoms with Gasteiger partial charge < -0.3 is 5.32 Å². The van der Waals surface area contributed by atoms with Gasteiger partial charge in [-0.05, 0) is 73.2 Å². The molecule has 0 aromatic heterocycles. The van der Waals surface area contributed by atoms with Crippen LogP contribution < -0.4 is 10.0 Å². The number of amides is 1. The number of benzene rings is 4. The number of fused-ring (bicyclic) bond motifs is 1. The number of rotatable bonds is 7. The fraction of sp³-hybridized carbons (Fsp3) is 0.233. The Morgan fingerprint density at radius 3 is 2.12 bits per heavy atom. The van der Waals surface area contributed by atoms with Crippen molar-refractivity contribution in [3.05, 3.63) is 96.1 Å². The first kappa shape index (κ1) is 27.8. The third-order valence-electron chi connectivity index (χ3n) is 7.11. The number of nitrogens with one attached hydrogen (secondary N) is 2. The normalized spacial score (nSPS) is 14.9. The first-order valence-electron chi connectivity index (χ1n) is 13.2. The van der Waals surface area contributed by atoms with Gasteiger partial charge in [-0.3, -0.25) is 9.52 Å². The first-order valence-corrected chi connectivity index (χ1v) is 16.1. The molecule has 4 aromatic carbocycles. The van der Waals surface area contributed by atoms with Crippen LogP contribution in [0.2, 0.25) is 0 Å². The third-order valence-corrected chi connectivity index (χ3v) is 10.4. The highest BCUT2D eigenvalue weighted by atomic mass is 32.2. The van der Waals surface area contributed by atoms with Crippen molar-refractivity contribution in [3.8, 4) is 0 Å². The van der Waals surface area contributed by atoms with E-state index in [0.29, 0.717) is 30.0 Å². The minimum atomic E-state index is -3.88. The zero-order valence-corrected chi connectivity index (χ0v) is 23.8. The molecule has 1 fully saturated rings. The molecule has 0 radical (unpaired) electrons. The quantitative estimate of drug-likeness (QED) is 0.290. The van der Waals surface area contributed by atoms with Crippen molar-refractivity contribution >= 4 is 48.1 Å². The molecule has 0 spiro atoms. The van der Waals surface area contributed by atoms with Gasteiger partial charge in [-0.2, -0.15) is 4.31 Å². The first-order chi connectivity index (χ1) is 19.1. The van der Waals surface area contributed by atoms with E-state index >= 15 is 0 Å². The smallest absolute Gasteiger partial charge is 0.261 e. The topological polar surface area (TPSA) is 113 Å². The Morgan fingerprint density at radius 1 is 0.750 bits per heavy atom. The largest absolute Gasteiger partial charge is 0.322 e. The monoisotopic (exact) mass is 577 g/mol. The molecule has 0 unspecified atom stereocenters. The number of hydrogen-bond donors (Lipinski definition) is 2. The van der Waals surface area contributed by atoms with Crippen LogP contribution in [-0.4, -0.2) is 40.1 Å². The summed E-state index contributed by atoms with van der Waals surface area (Å²) in [5.41, 5.74) is 1.73. The second kappa shape index (κ2) is 11.4. The Labute approximate surface area is 235 Å². The van der Waals surface area contributed by atoms with Gasteiger partial charge in [-0.15, -0.1) is 0 Å². The molecule has 40 heavy (non-hydrogen) atoms. The van der Waals surface area contributed by atoms with Gasteiger partial charge in [0.2, 0.25) is 10.0 Å². The SMILES string of the molecule is Cc1ccc(S(=O)(=O)N2CCCCCC2)cc1C(=O)Nc1ccc(S(=O)(=O)Nc2cccc3ccccc23)cc1. The summed E-state index contributed by atoms with van der Waals surface area (Å²) in [5, 5.41) is 4.46. The summed E-state index contributed by atoms with van der Waals surface area (Å²) in [6.45, 7) is 2.69. The van der Waals surface area contributed by atoms with Crippen LogP contribution in [0.1, 0.15) is 41.6 Å². The van der Waals surface area contributed by atoms with Gasteiger partial charge in [-0.25, -0.2) is 16.8 Å². The highest BCUT2D eigenvalue weighted by molar-refractivity contribution is 7.92. The molecule has 0 aliphatic carbocycles. The average Bonchev–Trinajstić information content (AvgIpc) is 3.24. The van der Waals surface area contributed by atoms with Crippen molar-refractivity contribution in [2.75, 3.05) is 23.1 Å². The summed E-state index contributed by atoms with van der Waals surface area (Å²) < 4.78 is 56.8. The number of nitrogens with zero attached hydrogens (tertiary/aromatic N) is 1. The maximum absolute atomic E-state index is 13.3. The second-order valence-corrected chi connectivity index (χ2v) is 13.5. The maximum Gasteiger partial charge on any atom is 0.261 e. The van der Waals surface area contributed by atoms with E-state index in [1.807, 2.05) is 30.3 Å². The van der Waals surface area contributed by atoms with Crippen LogP contribution in [-0.2, 0) is 20.0 Å². The Bertz CT molecular complexity index is 1760. The summed E-state index contributed by atoms with van der Waals surface area (Å²) >= 11 is 0. The molecule has 5 rings (SSSR count). The molecule has 0 bridgehead atoms. The highest BCUT2D eigenvalue weighted by Gasteiger charge is 2.26. The lowest BCUT2D eigenvalue weighted by atomic mass is 10.1. The average molecular weight is 578 g/mol. The van der Waals surface area contributed by atoms with Gasteiger partial charge in [0, 0.05) is 29.7 Å². The zero-order chi connectivity index (χ0) is 28.3. The molecule has 10 heteroatoms. The number of aryl methyl sites for hydroxylation is 1. The van der Waals surface area contributed by atoms with E-state index < -0.39 is 26.0 Å². The van der Waals surface area contributed by atoms with Gasteiger partial charge in [-0.1, -0.05) is 55.3 Å². The van der Waals surface area contributed by atoms with Crippen molar-refractivity contribution in [2.45, 2.75) is 42.4 Å². The van der Waals surface area contributed by atoms with Crippen LogP contribution in [0.25, 0.3) is 10.8 Å². The number of carbonyl (C=O) groups is 1. The van der Waals surface area contributed by atoms with Crippen molar-refractivity contribution in [1.82, 2.24) is 4.31 Å². The molecule has 1 aliphatic heterocycles. The molecule has 4 aromatic rings. The Kier molecular flexibility index (Phi) is 7.93. The molecule has 0 saturated carbocycles. The highest BCUT2D eigenvalue weighted by Crippen LogP contribution is 2.27. The van der Waals surface area contributed by atoms with E-state index in [-0.39, 0.29) is 15.4 Å². The van der Waals surface area contributed by atoms with E-state index in [0.717, 1.165) is 36.5 Å². The molecular formula is C30H31N3O5S2. The van der Waals surface area contributed by atoms with Crippen molar-refractivity contribution in [1.29, 1.82) is 0 Å². The molecule has 1 heterocycles. The summed E-state index contributed by atoms with van der Waals surface area (Å²) in [6, 6.07) is 23.3. The summed E-state index contributed by atoms with van der Waals surface area (Å²) in [7, 11) is -7.59. The van der Waals surface area contributed by atoms with E-state index in [4.69, 9.17) is 0 Å². The molecule has 1 aliphatic rings. The minimum absolute atomic E-state index is 0.0418. The molecule has 0 atom stereocenters. The fourth-order valence-corrected chi connectivity index (χ4v) is 7.49. The number of hydrogen-bond acceptors (Lipinski definition) is 5. The standard InChI is InChI=1S/C30H31N3O5S2/c1-22-13-16-26(40(37,38)33-19-6-2-3-7-20-33)21-28(22)30(34)31-24-14-17-25(18-15-24)39(35,36)32-29-12-8-10-23-9-4-5-11-27(23)29/h4-5,8-18,21,32H,2-3,6-7,19-20H2,1H3,(H,31,34). The lowest BCUT2D eigenvalue weighted by molar-refractivity contribution is 0.102. The summed E-state index contributed by atoms with van der Waals surface area (Å²) in [6.07, 6.45) is 3.66. The number of anilines is 2. The predicted octanol–water partition coefficient (Wildman–Crippen LogP) is 5.77. The van der Waals surface area contributed by atoms with Gasteiger partial charge in [0.15, 0.2) is 0 Å². The minimum Gasteiger partial charge on any atom is -0.322 e. The van der Waals surface area contributed by atoms with E-state index in [2.05, 4.69) is 10.0 Å². The number of sulfonamides is 2. The van der Waals surface area contributed by atoms with Gasteiger partial charge in [0.1, 0.15) is 0 Å². The fourth-order valence-electron chi connectivity index (χ4n) is 4.87. The van der Waals surface area contributed by atoms with E-state index in [1.165, 1.54) is 40.7 Å². The van der Waals surface area contributed by atoms with Crippen molar-refractivity contribution < 1.29 is 21.6 Å². The van der Waals surface area contributed by atoms with Gasteiger partial charge in [0.25, 0.3) is 15.9 Å². The lowest BCUT2D eigenvalue weighted by Crippen LogP contribution is -2.32. The van der Waals surface area contributed by atoms with Gasteiger partial charge in [0.05, 0.1) is 15.5 Å². The van der Waals surface area contributed by atoms with Crippen molar-refractivity contribution in [2.24, 2.45) is 0 Å². The Balaban J connectivity index is 1.33. The van der Waals surface area contributed by atoms with Crippen LogP contribution >= 0.6 is 0 Å². The lowest BCUT2D eigenvalue weighted by Gasteiger charge is -2.20. The van der Waals surface area contributed by atoms with Crippen LogP contribution in [0.5, 0.6) is 0 Å². The maximum atomic E-state index is 13.3. The molecule has 2 N–H and O–H groups in total. The van der Waals surface area contributed by atoms with Crippen molar-refractivity contribution in [3.63, 3.8) is 0 Å². The summed E-state index contributed by atoms with van der Waals surface area (Å²) in [5.74, 6) is -0.477. The molecule has 208 valence electrons. The zero-order valence-electron chi connectivity index (χ0n) is 22.1. The molecule has 8 nitrogen and oxygen atoms in total. The predicted molar refractivity (Wildman–Crippen MR) is 158 cm³/mol. The van der Waals surface area contributed by atoms with Crippen LogP contribution in [0.3, 0.4) is 0 Å². The molecule has 1 saturated heterocycles. The second-order valence-electron chi connectivity index (χ2n) is 9.91. The van der Waals surface area contributed by atoms with Gasteiger partial charge >= 0.3 is 0 Å². The van der Waals surface area contributed by atoms with Crippen LogP contribution in [0, 0.1) is 6.92 Å². The van der Waals surface area contributed by atoms with E-state index in [9.17, 15) is 21.6 Å². The van der Waals surface area contributed by atoms with E-state index in [1.54, 1.807) is 25.1 Å². The van der Waals surface area contributed by atoms with Crippen LogP contribution in [0.4, 0.5) is 11.4 Å². The molecule has 1 amide bonds. The summed E-state index contributed by atoms with van der Waals surface area (Å²) in [4.78, 5) is 13.3.